The third-order valence-corrected chi connectivity index (χ3v) is 8.24. The maximum absolute atomic E-state index is 13.5. The Hall–Kier alpha value is -2.60. The topological polar surface area (TPSA) is 112 Å². The maximum Gasteiger partial charge on any atom is 0.260 e. The van der Waals surface area contributed by atoms with Gasteiger partial charge in [-0.2, -0.15) is 0 Å². The number of aliphatic hydroxyl groups excluding tert-OH is 1. The van der Waals surface area contributed by atoms with E-state index < -0.39 is 0 Å². The van der Waals surface area contributed by atoms with Crippen LogP contribution in [0.3, 0.4) is 0 Å². The van der Waals surface area contributed by atoms with Crippen molar-refractivity contribution in [3.8, 4) is 5.75 Å². The van der Waals surface area contributed by atoms with Crippen LogP contribution in [0.15, 0.2) is 29.4 Å². The van der Waals surface area contributed by atoms with E-state index in [2.05, 4.69) is 24.8 Å². The van der Waals surface area contributed by atoms with Crippen molar-refractivity contribution in [3.05, 3.63) is 30.0 Å². The van der Waals surface area contributed by atoms with Crippen LogP contribution in [0.25, 0.3) is 0 Å². The lowest BCUT2D eigenvalue weighted by Gasteiger charge is -2.35. The molecule has 1 atom stereocenters. The number of nitrogens with zero attached hydrogens (tertiary/aromatic N) is 4. The van der Waals surface area contributed by atoms with Crippen molar-refractivity contribution >= 4 is 35.2 Å². The number of nitrogens with one attached hydrogen (secondary N) is 2. The first-order chi connectivity index (χ1) is 18.0. The van der Waals surface area contributed by atoms with Gasteiger partial charge in [0.15, 0.2) is 11.6 Å². The molecule has 2 aromatic heterocycles. The summed E-state index contributed by atoms with van der Waals surface area (Å²) in [7, 11) is 1.62. The number of morpholine rings is 1. The van der Waals surface area contributed by atoms with E-state index in [1.54, 1.807) is 19.4 Å². The second kappa shape index (κ2) is 11.4. The molecule has 0 aromatic carbocycles. The van der Waals surface area contributed by atoms with Crippen molar-refractivity contribution in [1.82, 2.24) is 14.7 Å². The molecule has 11 heteroatoms. The molecule has 2 saturated heterocycles. The van der Waals surface area contributed by atoms with Crippen molar-refractivity contribution in [2.24, 2.45) is 5.41 Å². The summed E-state index contributed by atoms with van der Waals surface area (Å²) < 4.78 is 14.3. The fourth-order valence-electron chi connectivity index (χ4n) is 5.07. The summed E-state index contributed by atoms with van der Waals surface area (Å²) in [6.45, 7) is 6.43. The first-order valence-corrected chi connectivity index (χ1v) is 13.8. The number of hydrogen-bond acceptors (Lipinski definition) is 10. The molecular weight excluding hydrogens is 492 g/mol. The average molecular weight is 529 g/mol. The molecule has 1 aliphatic carbocycles. The number of aliphatic hydroxyl groups is 1. The summed E-state index contributed by atoms with van der Waals surface area (Å²) in [6.07, 6.45) is 6.69. The zero-order valence-corrected chi connectivity index (χ0v) is 22.4. The Balaban J connectivity index is 1.37. The molecule has 5 rings (SSSR count). The number of rotatable bonds is 9. The quantitative estimate of drug-likeness (QED) is 0.332. The van der Waals surface area contributed by atoms with Gasteiger partial charge in [0.25, 0.3) is 5.91 Å². The molecule has 10 nitrogen and oxygen atoms in total. The van der Waals surface area contributed by atoms with Crippen LogP contribution in [0.5, 0.6) is 5.75 Å². The van der Waals surface area contributed by atoms with Crippen molar-refractivity contribution in [3.63, 3.8) is 0 Å². The van der Waals surface area contributed by atoms with Gasteiger partial charge in [0.1, 0.15) is 10.8 Å². The third-order valence-electron chi connectivity index (χ3n) is 7.46. The molecule has 1 amide bonds. The fraction of sp³-hybridized carbons (Fsp3) is 0.577. The van der Waals surface area contributed by atoms with Gasteiger partial charge < -0.3 is 29.7 Å². The Morgan fingerprint density at radius 3 is 2.76 bits per heavy atom. The first kappa shape index (κ1) is 26.0. The summed E-state index contributed by atoms with van der Waals surface area (Å²) >= 11 is 1.36. The van der Waals surface area contributed by atoms with Crippen LogP contribution < -0.4 is 24.6 Å². The highest BCUT2D eigenvalue weighted by Crippen LogP contribution is 2.54. The standard InChI is InChI=1S/C26H36N6O4S/c1-18-17-32(12-14-36-18)24-21(35-2)3-4-22(29-24)30-25(34)19-16-27-23(37-28-9-13-33)15-20(19)31-10-7-26(5-6-26)8-11-31/h3-4,15-16,18,28,33H,5-14,17H2,1-2H3,(H,29,30,34)/t18-/m0/s1. The number of anilines is 3. The molecule has 1 spiro atoms. The van der Waals surface area contributed by atoms with Gasteiger partial charge in [0.2, 0.25) is 0 Å². The zero-order valence-electron chi connectivity index (χ0n) is 21.5. The lowest BCUT2D eigenvalue weighted by atomic mass is 9.93. The minimum atomic E-state index is -0.243. The molecular formula is C26H36N6O4S. The number of methoxy groups -OCH3 is 1. The van der Waals surface area contributed by atoms with E-state index in [0.29, 0.717) is 54.6 Å². The van der Waals surface area contributed by atoms with Crippen molar-refractivity contribution in [2.75, 3.05) is 68.2 Å². The van der Waals surface area contributed by atoms with Crippen molar-refractivity contribution in [2.45, 2.75) is 43.7 Å². The number of carbonyl (C=O) groups is 1. The minimum absolute atomic E-state index is 0.0504. The number of piperidine rings is 1. The van der Waals surface area contributed by atoms with Crippen LogP contribution in [0.2, 0.25) is 0 Å². The van der Waals surface area contributed by atoms with Gasteiger partial charge in [-0.1, -0.05) is 0 Å². The van der Waals surface area contributed by atoms with E-state index in [9.17, 15) is 4.79 Å². The Labute approximate surface area is 222 Å². The number of amides is 1. The minimum Gasteiger partial charge on any atom is -0.493 e. The molecule has 37 heavy (non-hydrogen) atoms. The normalized spacial score (nSPS) is 20.7. The van der Waals surface area contributed by atoms with E-state index in [0.717, 1.165) is 36.6 Å². The van der Waals surface area contributed by atoms with Gasteiger partial charge in [0.05, 0.1) is 37.7 Å². The molecule has 1 saturated carbocycles. The van der Waals surface area contributed by atoms with E-state index >= 15 is 0 Å². The van der Waals surface area contributed by atoms with Gasteiger partial charge >= 0.3 is 0 Å². The molecule has 2 aliphatic heterocycles. The summed E-state index contributed by atoms with van der Waals surface area (Å²) in [5, 5.41) is 12.8. The van der Waals surface area contributed by atoms with Crippen LogP contribution in [0.4, 0.5) is 17.3 Å². The first-order valence-electron chi connectivity index (χ1n) is 13.0. The second-order valence-electron chi connectivity index (χ2n) is 10.1. The van der Waals surface area contributed by atoms with Crippen LogP contribution >= 0.6 is 11.9 Å². The summed E-state index contributed by atoms with van der Waals surface area (Å²) in [4.78, 5) is 27.2. The maximum atomic E-state index is 13.5. The highest BCUT2D eigenvalue weighted by molar-refractivity contribution is 7.97. The van der Waals surface area contributed by atoms with Crippen LogP contribution in [0, 0.1) is 5.41 Å². The van der Waals surface area contributed by atoms with Gasteiger partial charge in [-0.3, -0.25) is 9.52 Å². The van der Waals surface area contributed by atoms with E-state index in [1.807, 2.05) is 19.1 Å². The van der Waals surface area contributed by atoms with Gasteiger partial charge in [0, 0.05) is 38.9 Å². The SMILES string of the molecule is COc1ccc(NC(=O)c2cnc(SNCCO)cc2N2CCC3(CC2)CC3)nc1N1CCO[C@@H](C)C1. The second-order valence-corrected chi connectivity index (χ2v) is 11.0. The number of pyridine rings is 2. The number of ether oxygens (including phenoxy) is 2. The average Bonchev–Trinajstić information content (AvgIpc) is 3.67. The predicted octanol–water partition coefficient (Wildman–Crippen LogP) is 2.93. The molecule has 2 aromatic rings. The molecule has 3 aliphatic rings. The number of carbonyl (C=O) groups excluding carboxylic acids is 1. The van der Waals surface area contributed by atoms with E-state index in [4.69, 9.17) is 19.6 Å². The molecule has 200 valence electrons. The third kappa shape index (κ3) is 6.11. The van der Waals surface area contributed by atoms with Crippen LogP contribution in [-0.2, 0) is 4.74 Å². The lowest BCUT2D eigenvalue weighted by molar-refractivity contribution is 0.0528. The molecule has 0 bridgehead atoms. The predicted molar refractivity (Wildman–Crippen MR) is 145 cm³/mol. The van der Waals surface area contributed by atoms with Gasteiger partial charge in [-0.05, 0) is 68.2 Å². The van der Waals surface area contributed by atoms with Crippen molar-refractivity contribution in [1.29, 1.82) is 0 Å². The summed E-state index contributed by atoms with van der Waals surface area (Å²) in [6, 6.07) is 5.57. The largest absolute Gasteiger partial charge is 0.493 e. The molecule has 3 N–H and O–H groups in total. The van der Waals surface area contributed by atoms with Crippen molar-refractivity contribution < 1.29 is 19.4 Å². The van der Waals surface area contributed by atoms with Crippen LogP contribution in [-0.4, -0.2) is 80.1 Å². The smallest absolute Gasteiger partial charge is 0.260 e. The Bertz CT molecular complexity index is 1100. The Morgan fingerprint density at radius 1 is 1.24 bits per heavy atom. The van der Waals surface area contributed by atoms with Gasteiger partial charge in [-0.25, -0.2) is 9.97 Å². The fourth-order valence-corrected chi connectivity index (χ4v) is 5.69. The molecule has 4 heterocycles. The molecule has 3 fully saturated rings. The van der Waals surface area contributed by atoms with Crippen LogP contribution in [0.1, 0.15) is 43.0 Å². The van der Waals surface area contributed by atoms with E-state index in [1.165, 1.54) is 24.8 Å². The summed E-state index contributed by atoms with van der Waals surface area (Å²) in [5.41, 5.74) is 1.94. The zero-order chi connectivity index (χ0) is 25.8. The lowest BCUT2D eigenvalue weighted by Crippen LogP contribution is -2.41. The molecule has 0 radical (unpaired) electrons. The highest BCUT2D eigenvalue weighted by atomic mass is 32.2. The van der Waals surface area contributed by atoms with E-state index in [-0.39, 0.29) is 18.6 Å². The number of aromatic nitrogens is 2. The Kier molecular flexibility index (Phi) is 8.04. The highest BCUT2D eigenvalue weighted by Gasteiger charge is 2.44. The van der Waals surface area contributed by atoms with Gasteiger partial charge in [-0.15, -0.1) is 0 Å². The monoisotopic (exact) mass is 528 g/mol. The Morgan fingerprint density at radius 2 is 2.05 bits per heavy atom. The summed E-state index contributed by atoms with van der Waals surface area (Å²) in [5.74, 6) is 1.58. The molecule has 0 unspecified atom stereocenters. The number of hydrogen-bond donors (Lipinski definition) is 3.